The Bertz CT molecular complexity index is 1120. The lowest BCUT2D eigenvalue weighted by Crippen LogP contribution is -2.35. The van der Waals surface area contributed by atoms with Gasteiger partial charge in [0.15, 0.2) is 5.69 Å². The summed E-state index contributed by atoms with van der Waals surface area (Å²) >= 11 is 1.67. The summed E-state index contributed by atoms with van der Waals surface area (Å²) in [6.45, 7) is 2.56. The first-order valence-electron chi connectivity index (χ1n) is 9.57. The molecule has 6 nitrogen and oxygen atoms in total. The minimum atomic E-state index is -4.82. The standard InChI is InChI=1S/C21H18F3N3O3S/c1-2-30-20(29)16-11-25-27(18(16)21(22,23)24)15-5-3-13(4-6-15)19(28)26-9-7-17-14(12-26)8-10-31-17/h3-6,8,10-11H,2,7,9,12H2,1H3. The van der Waals surface area contributed by atoms with Crippen LogP contribution in [0.3, 0.4) is 0 Å². The van der Waals surface area contributed by atoms with Crippen LogP contribution in [0.15, 0.2) is 41.9 Å². The molecule has 3 aromatic rings. The Hall–Kier alpha value is -3.14. The number of halogens is 3. The van der Waals surface area contributed by atoms with E-state index in [0.717, 1.165) is 18.2 Å². The molecule has 0 fully saturated rings. The number of rotatable bonds is 4. The lowest BCUT2D eigenvalue weighted by Gasteiger charge is -2.27. The number of esters is 1. The molecule has 1 aliphatic rings. The molecule has 0 radical (unpaired) electrons. The van der Waals surface area contributed by atoms with E-state index in [4.69, 9.17) is 4.74 Å². The van der Waals surface area contributed by atoms with Crippen molar-refractivity contribution in [2.24, 2.45) is 0 Å². The van der Waals surface area contributed by atoms with Crippen LogP contribution in [0.25, 0.3) is 5.69 Å². The molecule has 0 saturated heterocycles. The Morgan fingerprint density at radius 2 is 1.94 bits per heavy atom. The number of thiophene rings is 1. The first-order chi connectivity index (χ1) is 14.8. The van der Waals surface area contributed by atoms with E-state index < -0.39 is 23.4 Å². The second-order valence-electron chi connectivity index (χ2n) is 6.93. The maximum Gasteiger partial charge on any atom is 0.434 e. The van der Waals surface area contributed by atoms with Crippen LogP contribution in [0.1, 0.15) is 43.8 Å². The van der Waals surface area contributed by atoms with Gasteiger partial charge in [-0.15, -0.1) is 11.3 Å². The molecule has 2 aromatic heterocycles. The maximum absolute atomic E-state index is 13.6. The summed E-state index contributed by atoms with van der Waals surface area (Å²) in [7, 11) is 0. The quantitative estimate of drug-likeness (QED) is 0.557. The minimum Gasteiger partial charge on any atom is -0.462 e. The first kappa shape index (κ1) is 21.1. The summed E-state index contributed by atoms with van der Waals surface area (Å²) in [5.41, 5.74) is -0.300. The molecule has 1 amide bonds. The number of alkyl halides is 3. The average molecular weight is 449 g/mol. The van der Waals surface area contributed by atoms with Crippen molar-refractivity contribution in [1.29, 1.82) is 0 Å². The van der Waals surface area contributed by atoms with Gasteiger partial charge in [0.2, 0.25) is 0 Å². The van der Waals surface area contributed by atoms with Crippen molar-refractivity contribution < 1.29 is 27.5 Å². The molecule has 162 valence electrons. The van der Waals surface area contributed by atoms with Gasteiger partial charge in [0.05, 0.1) is 18.5 Å². The van der Waals surface area contributed by atoms with Gasteiger partial charge in [0.1, 0.15) is 5.56 Å². The smallest absolute Gasteiger partial charge is 0.434 e. The van der Waals surface area contributed by atoms with Crippen LogP contribution >= 0.6 is 11.3 Å². The van der Waals surface area contributed by atoms with E-state index in [1.54, 1.807) is 16.2 Å². The highest BCUT2D eigenvalue weighted by Gasteiger charge is 2.41. The lowest BCUT2D eigenvalue weighted by atomic mass is 10.1. The number of benzene rings is 1. The number of nitrogens with zero attached hydrogens (tertiary/aromatic N) is 3. The fourth-order valence-electron chi connectivity index (χ4n) is 3.52. The zero-order chi connectivity index (χ0) is 22.2. The molecule has 0 unspecified atom stereocenters. The Morgan fingerprint density at radius 1 is 1.19 bits per heavy atom. The van der Waals surface area contributed by atoms with E-state index in [-0.39, 0.29) is 18.2 Å². The summed E-state index contributed by atoms with van der Waals surface area (Å²) in [5.74, 6) is -1.28. The molecule has 0 spiro atoms. The van der Waals surface area contributed by atoms with E-state index in [1.165, 1.54) is 36.1 Å². The molecular weight excluding hydrogens is 431 g/mol. The number of carbonyl (C=O) groups excluding carboxylic acids is 2. The van der Waals surface area contributed by atoms with Gasteiger partial charge in [-0.25, -0.2) is 9.48 Å². The topological polar surface area (TPSA) is 64.4 Å². The van der Waals surface area contributed by atoms with Gasteiger partial charge >= 0.3 is 12.1 Å². The van der Waals surface area contributed by atoms with Gasteiger partial charge in [0.25, 0.3) is 5.91 Å². The van der Waals surface area contributed by atoms with Crippen LogP contribution < -0.4 is 0 Å². The number of aromatic nitrogens is 2. The van der Waals surface area contributed by atoms with E-state index in [0.29, 0.717) is 23.3 Å². The number of hydrogen-bond donors (Lipinski definition) is 0. The number of amides is 1. The van der Waals surface area contributed by atoms with E-state index >= 15 is 0 Å². The highest BCUT2D eigenvalue weighted by atomic mass is 32.1. The second kappa shape index (κ2) is 8.18. The predicted octanol–water partition coefficient (Wildman–Crippen LogP) is 4.33. The molecule has 0 aliphatic carbocycles. The molecular formula is C21H18F3N3O3S. The van der Waals surface area contributed by atoms with Gasteiger partial charge in [-0.1, -0.05) is 0 Å². The fraction of sp³-hybridized carbons (Fsp3) is 0.286. The second-order valence-corrected chi connectivity index (χ2v) is 7.93. The normalized spacial score (nSPS) is 13.7. The zero-order valence-corrected chi connectivity index (χ0v) is 17.3. The van der Waals surface area contributed by atoms with E-state index in [9.17, 15) is 22.8 Å². The van der Waals surface area contributed by atoms with Crippen molar-refractivity contribution in [3.63, 3.8) is 0 Å². The zero-order valence-electron chi connectivity index (χ0n) is 16.5. The lowest BCUT2D eigenvalue weighted by molar-refractivity contribution is -0.143. The number of hydrogen-bond acceptors (Lipinski definition) is 5. The Morgan fingerprint density at radius 3 is 2.61 bits per heavy atom. The summed E-state index contributed by atoms with van der Waals surface area (Å²) in [5, 5.41) is 5.74. The van der Waals surface area contributed by atoms with Crippen LogP contribution in [-0.4, -0.2) is 39.7 Å². The molecule has 0 atom stereocenters. The molecule has 1 aromatic carbocycles. The van der Waals surface area contributed by atoms with Crippen LogP contribution in [-0.2, 0) is 23.9 Å². The molecule has 31 heavy (non-hydrogen) atoms. The Labute approximate surface area is 179 Å². The van der Waals surface area contributed by atoms with Crippen molar-refractivity contribution >= 4 is 23.2 Å². The van der Waals surface area contributed by atoms with Crippen LogP contribution in [0.4, 0.5) is 13.2 Å². The Kier molecular flexibility index (Phi) is 5.57. The van der Waals surface area contributed by atoms with Gasteiger partial charge in [-0.05, 0) is 54.6 Å². The fourth-order valence-corrected chi connectivity index (χ4v) is 4.41. The summed E-state index contributed by atoms with van der Waals surface area (Å²) in [6.07, 6.45) is -3.19. The molecule has 0 N–H and O–H groups in total. The summed E-state index contributed by atoms with van der Waals surface area (Å²) < 4.78 is 46.3. The maximum atomic E-state index is 13.6. The predicted molar refractivity (Wildman–Crippen MR) is 107 cm³/mol. The monoisotopic (exact) mass is 449 g/mol. The molecule has 3 heterocycles. The average Bonchev–Trinajstić information content (AvgIpc) is 3.40. The van der Waals surface area contributed by atoms with Crippen molar-refractivity contribution in [2.75, 3.05) is 13.2 Å². The highest BCUT2D eigenvalue weighted by Crippen LogP contribution is 2.34. The highest BCUT2D eigenvalue weighted by molar-refractivity contribution is 7.10. The molecule has 4 rings (SSSR count). The molecule has 10 heteroatoms. The first-order valence-corrected chi connectivity index (χ1v) is 10.4. The van der Waals surface area contributed by atoms with Gasteiger partial charge in [0, 0.05) is 23.5 Å². The van der Waals surface area contributed by atoms with E-state index in [1.807, 2.05) is 11.4 Å². The van der Waals surface area contributed by atoms with Gasteiger partial charge < -0.3 is 9.64 Å². The third-order valence-corrected chi connectivity index (χ3v) is 6.01. The third kappa shape index (κ3) is 4.07. The van der Waals surface area contributed by atoms with Gasteiger partial charge in [-0.2, -0.15) is 18.3 Å². The van der Waals surface area contributed by atoms with Gasteiger partial charge in [-0.3, -0.25) is 4.79 Å². The summed E-state index contributed by atoms with van der Waals surface area (Å²) in [4.78, 5) is 27.7. The van der Waals surface area contributed by atoms with Crippen molar-refractivity contribution in [3.8, 4) is 5.69 Å². The molecule has 1 aliphatic heterocycles. The van der Waals surface area contributed by atoms with Crippen LogP contribution in [0.5, 0.6) is 0 Å². The number of carbonyl (C=O) groups is 2. The Balaban J connectivity index is 1.60. The van der Waals surface area contributed by atoms with Crippen LogP contribution in [0.2, 0.25) is 0 Å². The molecule has 0 saturated carbocycles. The largest absolute Gasteiger partial charge is 0.462 e. The van der Waals surface area contributed by atoms with Crippen molar-refractivity contribution in [2.45, 2.75) is 26.1 Å². The number of ether oxygens (including phenoxy) is 1. The summed E-state index contributed by atoms with van der Waals surface area (Å²) in [6, 6.07) is 7.69. The third-order valence-electron chi connectivity index (χ3n) is 4.99. The minimum absolute atomic E-state index is 0.0541. The number of fused-ring (bicyclic) bond motifs is 1. The SMILES string of the molecule is CCOC(=O)c1cnn(-c2ccc(C(=O)N3CCc4sccc4C3)cc2)c1C(F)(F)F. The van der Waals surface area contributed by atoms with Crippen molar-refractivity contribution in [1.82, 2.24) is 14.7 Å². The van der Waals surface area contributed by atoms with Crippen molar-refractivity contribution in [3.05, 3.63) is 69.2 Å². The van der Waals surface area contributed by atoms with Crippen LogP contribution in [0, 0.1) is 0 Å². The molecule has 0 bridgehead atoms. The van der Waals surface area contributed by atoms with E-state index in [2.05, 4.69) is 5.10 Å².